The molecule has 7 heteroatoms. The van der Waals surface area contributed by atoms with Gasteiger partial charge in [0.25, 0.3) is 0 Å². The Morgan fingerprint density at radius 1 is 1.12 bits per heavy atom. The summed E-state index contributed by atoms with van der Waals surface area (Å²) < 4.78 is 44.9. The number of rotatable bonds is 8. The first kappa shape index (κ1) is 16.9. The molecule has 2 unspecified atom stereocenters. The third kappa shape index (κ3) is 7.72. The van der Waals surface area contributed by atoms with E-state index < -0.39 is 24.9 Å². The Balaban J connectivity index is 4.45. The summed E-state index contributed by atoms with van der Waals surface area (Å²) in [6.45, 7) is 4.23. The van der Waals surface area contributed by atoms with Crippen molar-refractivity contribution < 1.29 is 16.8 Å². The van der Waals surface area contributed by atoms with Crippen molar-refractivity contribution in [1.82, 2.24) is 5.32 Å². The molecule has 0 aromatic heterocycles. The molecule has 17 heavy (non-hydrogen) atoms. The Morgan fingerprint density at radius 3 is 2.00 bits per heavy atom. The standard InChI is InChI=1S/C10H23NO4S2/c1-5-11-10(9(2)17(4,14)15)7-6-8-16(3,12)13/h9-11H,5-8H2,1-4H3. The summed E-state index contributed by atoms with van der Waals surface area (Å²) in [5.74, 6) is 0.103. The van der Waals surface area contributed by atoms with Gasteiger partial charge in [0.15, 0.2) is 9.84 Å². The van der Waals surface area contributed by atoms with Gasteiger partial charge in [-0.3, -0.25) is 0 Å². The third-order valence-electron chi connectivity index (χ3n) is 2.74. The second kappa shape index (κ2) is 6.70. The first-order valence-corrected chi connectivity index (χ1v) is 9.69. The van der Waals surface area contributed by atoms with E-state index in [0.29, 0.717) is 19.4 Å². The number of sulfone groups is 2. The molecule has 104 valence electrons. The van der Waals surface area contributed by atoms with E-state index in [1.165, 1.54) is 12.5 Å². The summed E-state index contributed by atoms with van der Waals surface area (Å²) in [6.07, 6.45) is 3.43. The van der Waals surface area contributed by atoms with Crippen LogP contribution >= 0.6 is 0 Å². The molecule has 0 fully saturated rings. The van der Waals surface area contributed by atoms with Gasteiger partial charge in [-0.05, 0) is 26.3 Å². The topological polar surface area (TPSA) is 80.3 Å². The summed E-state index contributed by atoms with van der Waals surface area (Å²) >= 11 is 0. The highest BCUT2D eigenvalue weighted by molar-refractivity contribution is 7.91. The van der Waals surface area contributed by atoms with Crippen molar-refractivity contribution >= 4 is 19.7 Å². The van der Waals surface area contributed by atoms with Crippen LogP contribution in [-0.4, -0.2) is 52.9 Å². The van der Waals surface area contributed by atoms with Crippen LogP contribution in [0.4, 0.5) is 0 Å². The second-order valence-corrected chi connectivity index (χ2v) is 9.13. The number of nitrogens with one attached hydrogen (secondary N) is 1. The van der Waals surface area contributed by atoms with Gasteiger partial charge >= 0.3 is 0 Å². The molecule has 0 rings (SSSR count). The Kier molecular flexibility index (Phi) is 6.65. The molecular weight excluding hydrogens is 262 g/mol. The molecule has 0 aliphatic carbocycles. The van der Waals surface area contributed by atoms with Crippen molar-refractivity contribution in [3.05, 3.63) is 0 Å². The van der Waals surface area contributed by atoms with E-state index in [9.17, 15) is 16.8 Å². The smallest absolute Gasteiger partial charge is 0.151 e. The maximum absolute atomic E-state index is 11.4. The van der Waals surface area contributed by atoms with E-state index in [2.05, 4.69) is 5.32 Å². The zero-order valence-corrected chi connectivity index (χ0v) is 12.6. The normalized spacial score (nSPS) is 16.7. The van der Waals surface area contributed by atoms with Crippen molar-refractivity contribution in [2.75, 3.05) is 24.8 Å². The van der Waals surface area contributed by atoms with E-state index in [-0.39, 0.29) is 11.8 Å². The maximum atomic E-state index is 11.4. The Morgan fingerprint density at radius 2 is 1.65 bits per heavy atom. The fourth-order valence-corrected chi connectivity index (χ4v) is 3.15. The molecule has 0 bridgehead atoms. The van der Waals surface area contributed by atoms with Crippen LogP contribution in [0, 0.1) is 0 Å². The maximum Gasteiger partial charge on any atom is 0.151 e. The molecule has 0 aromatic carbocycles. The lowest BCUT2D eigenvalue weighted by molar-refractivity contribution is 0.465. The van der Waals surface area contributed by atoms with Crippen LogP contribution in [0.25, 0.3) is 0 Å². The molecule has 0 aromatic rings. The largest absolute Gasteiger partial charge is 0.313 e. The quantitative estimate of drug-likeness (QED) is 0.690. The fourth-order valence-electron chi connectivity index (χ4n) is 1.63. The lowest BCUT2D eigenvalue weighted by atomic mass is 10.1. The fraction of sp³-hybridized carbons (Fsp3) is 1.00. The van der Waals surface area contributed by atoms with Crippen LogP contribution in [0.1, 0.15) is 26.7 Å². The monoisotopic (exact) mass is 285 g/mol. The molecule has 0 aliphatic heterocycles. The third-order valence-corrected chi connectivity index (χ3v) is 5.45. The predicted octanol–water partition coefficient (Wildman–Crippen LogP) is 0.222. The number of hydrogen-bond donors (Lipinski definition) is 1. The Labute approximate surface area is 105 Å². The van der Waals surface area contributed by atoms with Crippen LogP contribution in [0.3, 0.4) is 0 Å². The molecule has 0 spiro atoms. The van der Waals surface area contributed by atoms with Gasteiger partial charge in [0.05, 0.1) is 5.25 Å². The molecule has 0 aliphatic rings. The zero-order chi connectivity index (χ0) is 13.7. The average molecular weight is 285 g/mol. The van der Waals surface area contributed by atoms with Gasteiger partial charge in [0, 0.05) is 24.3 Å². The molecule has 2 atom stereocenters. The molecule has 0 amide bonds. The van der Waals surface area contributed by atoms with E-state index >= 15 is 0 Å². The summed E-state index contributed by atoms with van der Waals surface area (Å²) in [7, 11) is -6.08. The second-order valence-electron chi connectivity index (χ2n) is 4.47. The van der Waals surface area contributed by atoms with Crippen LogP contribution < -0.4 is 5.32 Å². The van der Waals surface area contributed by atoms with Gasteiger partial charge in [0.1, 0.15) is 9.84 Å². The molecule has 5 nitrogen and oxygen atoms in total. The Hall–Kier alpha value is -0.140. The summed E-state index contributed by atoms with van der Waals surface area (Å²) in [4.78, 5) is 0. The lowest BCUT2D eigenvalue weighted by Gasteiger charge is -2.23. The van der Waals surface area contributed by atoms with E-state index in [0.717, 1.165) is 0 Å². The highest BCUT2D eigenvalue weighted by Gasteiger charge is 2.25. The minimum atomic E-state index is -3.10. The zero-order valence-electron chi connectivity index (χ0n) is 10.9. The minimum absolute atomic E-state index is 0.103. The van der Waals surface area contributed by atoms with Crippen LogP contribution in [-0.2, 0) is 19.7 Å². The van der Waals surface area contributed by atoms with E-state index in [1.54, 1.807) is 6.92 Å². The number of hydrogen-bond acceptors (Lipinski definition) is 5. The molecule has 0 radical (unpaired) electrons. The average Bonchev–Trinajstić information content (AvgIpc) is 2.12. The summed E-state index contributed by atoms with van der Waals surface area (Å²) in [5, 5.41) is 2.60. The highest BCUT2D eigenvalue weighted by Crippen LogP contribution is 2.11. The SMILES string of the molecule is CCNC(CCCS(C)(=O)=O)C(C)S(C)(=O)=O. The van der Waals surface area contributed by atoms with Crippen LogP contribution in [0.15, 0.2) is 0 Å². The van der Waals surface area contributed by atoms with Crippen molar-refractivity contribution in [3.63, 3.8) is 0 Å². The Bertz CT molecular complexity index is 414. The van der Waals surface area contributed by atoms with Gasteiger partial charge in [-0.25, -0.2) is 16.8 Å². The van der Waals surface area contributed by atoms with Gasteiger partial charge in [-0.15, -0.1) is 0 Å². The molecule has 1 N–H and O–H groups in total. The van der Waals surface area contributed by atoms with E-state index in [4.69, 9.17) is 0 Å². The van der Waals surface area contributed by atoms with Crippen molar-refractivity contribution in [3.8, 4) is 0 Å². The first-order valence-electron chi connectivity index (χ1n) is 5.68. The van der Waals surface area contributed by atoms with Crippen molar-refractivity contribution in [2.24, 2.45) is 0 Å². The lowest BCUT2D eigenvalue weighted by Crippen LogP contribution is -2.42. The van der Waals surface area contributed by atoms with Gasteiger partial charge in [0.2, 0.25) is 0 Å². The molecule has 0 saturated carbocycles. The van der Waals surface area contributed by atoms with Gasteiger partial charge in [-0.1, -0.05) is 6.92 Å². The van der Waals surface area contributed by atoms with Crippen molar-refractivity contribution in [1.29, 1.82) is 0 Å². The molecular formula is C10H23NO4S2. The van der Waals surface area contributed by atoms with Gasteiger partial charge in [-0.2, -0.15) is 0 Å². The summed E-state index contributed by atoms with van der Waals surface area (Å²) in [5.41, 5.74) is 0. The summed E-state index contributed by atoms with van der Waals surface area (Å²) in [6, 6.07) is -0.184. The molecule has 0 saturated heterocycles. The van der Waals surface area contributed by atoms with Crippen molar-refractivity contribution in [2.45, 2.75) is 38.0 Å². The van der Waals surface area contributed by atoms with Gasteiger partial charge < -0.3 is 5.32 Å². The first-order chi connectivity index (χ1) is 7.58. The van der Waals surface area contributed by atoms with E-state index in [1.807, 2.05) is 6.92 Å². The van der Waals surface area contributed by atoms with Crippen LogP contribution in [0.5, 0.6) is 0 Å². The minimum Gasteiger partial charge on any atom is -0.313 e. The molecule has 0 heterocycles. The highest BCUT2D eigenvalue weighted by atomic mass is 32.2. The van der Waals surface area contributed by atoms with Crippen LogP contribution in [0.2, 0.25) is 0 Å². The predicted molar refractivity (Wildman–Crippen MR) is 70.7 cm³/mol.